The van der Waals surface area contributed by atoms with Crippen LogP contribution in [0.15, 0.2) is 36.7 Å². The van der Waals surface area contributed by atoms with E-state index in [1.165, 1.54) is 16.9 Å². The van der Waals surface area contributed by atoms with Crippen molar-refractivity contribution in [3.05, 3.63) is 47.1 Å². The molecule has 2 saturated heterocycles. The molecule has 0 aliphatic carbocycles. The van der Waals surface area contributed by atoms with Crippen molar-refractivity contribution in [1.29, 1.82) is 0 Å². The van der Waals surface area contributed by atoms with E-state index in [4.69, 9.17) is 0 Å². The lowest BCUT2D eigenvalue weighted by Gasteiger charge is -2.42. The monoisotopic (exact) mass is 358 g/mol. The molecule has 1 amide bonds. The Bertz CT molecular complexity index is 724. The predicted octanol–water partition coefficient (Wildman–Crippen LogP) is 1.92. The number of anilines is 1. The number of hydrogen-bond acceptors (Lipinski definition) is 6. The second-order valence-corrected chi connectivity index (χ2v) is 7.77. The van der Waals surface area contributed by atoms with E-state index in [-0.39, 0.29) is 11.9 Å². The molecule has 2 atom stereocenters. The normalized spacial score (nSPS) is 22.5. The lowest BCUT2D eigenvalue weighted by atomic mass is 9.92. The molecule has 2 aliphatic heterocycles. The number of pyridine rings is 1. The Morgan fingerprint density at radius 3 is 3.00 bits per heavy atom. The molecule has 0 bridgehead atoms. The van der Waals surface area contributed by atoms with Crippen LogP contribution in [0, 0.1) is 0 Å². The molecule has 6 nitrogen and oxygen atoms in total. The first-order valence-corrected chi connectivity index (χ1v) is 9.48. The second kappa shape index (κ2) is 7.21. The molecule has 132 valence electrons. The third-order valence-electron chi connectivity index (χ3n) is 4.92. The van der Waals surface area contributed by atoms with E-state index >= 15 is 0 Å². The number of carbonyl (C=O) groups excluding carboxylic acids is 1. The van der Waals surface area contributed by atoms with E-state index in [1.807, 2.05) is 29.3 Å². The van der Waals surface area contributed by atoms with Gasteiger partial charge >= 0.3 is 0 Å². The summed E-state index contributed by atoms with van der Waals surface area (Å²) in [5.74, 6) is 0.442. The molecule has 0 radical (unpaired) electrons. The quantitative estimate of drug-likeness (QED) is 0.761. The van der Waals surface area contributed by atoms with Crippen LogP contribution in [0.2, 0.25) is 0 Å². The Kier molecular flexibility index (Phi) is 4.80. The zero-order chi connectivity index (χ0) is 17.2. The molecular formula is C18H22N4O2S. The van der Waals surface area contributed by atoms with Gasteiger partial charge in [-0.05, 0) is 43.1 Å². The predicted molar refractivity (Wildman–Crippen MR) is 97.5 cm³/mol. The largest absolute Gasteiger partial charge is 0.373 e. The Hall–Kier alpha value is -1.80. The maximum atomic E-state index is 12.1. The van der Waals surface area contributed by atoms with Crippen LogP contribution in [-0.4, -0.2) is 46.6 Å². The Morgan fingerprint density at radius 1 is 1.40 bits per heavy atom. The van der Waals surface area contributed by atoms with Crippen molar-refractivity contribution < 1.29 is 9.90 Å². The van der Waals surface area contributed by atoms with Gasteiger partial charge in [0.15, 0.2) is 0 Å². The number of nitrogens with one attached hydrogen (secondary N) is 2. The molecule has 2 aromatic rings. The summed E-state index contributed by atoms with van der Waals surface area (Å²) in [6.45, 7) is 2.54. The highest BCUT2D eigenvalue weighted by molar-refractivity contribution is 7.16. The Morgan fingerprint density at radius 2 is 2.28 bits per heavy atom. The zero-order valence-electron chi connectivity index (χ0n) is 13.9. The first kappa shape index (κ1) is 16.7. The topological polar surface area (TPSA) is 77.5 Å². The van der Waals surface area contributed by atoms with Crippen LogP contribution < -0.4 is 10.6 Å². The summed E-state index contributed by atoms with van der Waals surface area (Å²) in [6, 6.07) is 7.70. The maximum Gasteiger partial charge on any atom is 0.242 e. The first-order chi connectivity index (χ1) is 12.2. The molecule has 4 rings (SSSR count). The summed E-state index contributed by atoms with van der Waals surface area (Å²) in [6.07, 6.45) is 4.98. The van der Waals surface area contributed by atoms with Gasteiger partial charge in [0.25, 0.3) is 0 Å². The summed E-state index contributed by atoms with van der Waals surface area (Å²) in [4.78, 5) is 19.2. The van der Waals surface area contributed by atoms with Gasteiger partial charge in [0.2, 0.25) is 5.91 Å². The highest BCUT2D eigenvalue weighted by atomic mass is 32.1. The van der Waals surface area contributed by atoms with Gasteiger partial charge in [0, 0.05) is 31.4 Å². The molecule has 2 aliphatic rings. The third kappa shape index (κ3) is 3.59. The number of carbonyl (C=O) groups is 1. The van der Waals surface area contributed by atoms with Gasteiger partial charge in [0.05, 0.1) is 15.9 Å². The maximum absolute atomic E-state index is 12.1. The van der Waals surface area contributed by atoms with Crippen LogP contribution >= 0.6 is 11.3 Å². The number of aromatic nitrogens is 1. The van der Waals surface area contributed by atoms with Crippen molar-refractivity contribution in [3.63, 3.8) is 0 Å². The summed E-state index contributed by atoms with van der Waals surface area (Å²) in [5, 5.41) is 17.5. The van der Waals surface area contributed by atoms with Gasteiger partial charge in [-0.2, -0.15) is 0 Å². The van der Waals surface area contributed by atoms with Gasteiger partial charge in [-0.25, -0.2) is 0 Å². The standard InChI is InChI=1S/C18H22N4O2S/c23-17(14-4-2-8-20-14)21-16-6-5-15(25-16)18(24)22-10-13(11-22)12-3-1-7-19-9-12/h1,3,5-7,9,13-14,18,20,24H,2,4,8,10-11H2,(H,21,23). The van der Waals surface area contributed by atoms with Crippen LogP contribution in [0.4, 0.5) is 5.00 Å². The smallest absolute Gasteiger partial charge is 0.242 e. The fourth-order valence-corrected chi connectivity index (χ4v) is 4.33. The van der Waals surface area contributed by atoms with Crippen molar-refractivity contribution in [1.82, 2.24) is 15.2 Å². The van der Waals surface area contributed by atoms with Crippen LogP contribution in [0.1, 0.15) is 35.4 Å². The minimum atomic E-state index is -0.617. The van der Waals surface area contributed by atoms with Crippen molar-refractivity contribution in [2.45, 2.75) is 31.0 Å². The van der Waals surface area contributed by atoms with Gasteiger partial charge < -0.3 is 15.7 Å². The average Bonchev–Trinajstić information content (AvgIpc) is 3.26. The highest BCUT2D eigenvalue weighted by Gasteiger charge is 2.34. The fraction of sp³-hybridized carbons (Fsp3) is 0.444. The molecular weight excluding hydrogens is 336 g/mol. The van der Waals surface area contributed by atoms with Crippen molar-refractivity contribution >= 4 is 22.2 Å². The number of likely N-dealkylation sites (tertiary alicyclic amines) is 1. The molecule has 2 aromatic heterocycles. The van der Waals surface area contributed by atoms with E-state index in [0.29, 0.717) is 5.92 Å². The number of amides is 1. The van der Waals surface area contributed by atoms with Gasteiger partial charge in [-0.15, -0.1) is 11.3 Å². The minimum Gasteiger partial charge on any atom is -0.373 e. The Balaban J connectivity index is 1.32. The average molecular weight is 358 g/mol. The Labute approximate surface area is 150 Å². The minimum absolute atomic E-state index is 0.0148. The lowest BCUT2D eigenvalue weighted by Crippen LogP contribution is -2.46. The molecule has 2 fully saturated rings. The third-order valence-corrected chi connectivity index (χ3v) is 5.96. The highest BCUT2D eigenvalue weighted by Crippen LogP contribution is 2.36. The van der Waals surface area contributed by atoms with Crippen LogP contribution in [-0.2, 0) is 4.79 Å². The molecule has 3 N–H and O–H groups in total. The van der Waals surface area contributed by atoms with E-state index in [1.54, 1.807) is 6.20 Å². The number of thiophene rings is 1. The first-order valence-electron chi connectivity index (χ1n) is 8.67. The van der Waals surface area contributed by atoms with Crippen LogP contribution in [0.5, 0.6) is 0 Å². The number of nitrogens with zero attached hydrogens (tertiary/aromatic N) is 2. The number of hydrogen-bond donors (Lipinski definition) is 3. The van der Waals surface area contributed by atoms with Gasteiger partial charge in [-0.1, -0.05) is 6.07 Å². The molecule has 0 aromatic carbocycles. The zero-order valence-corrected chi connectivity index (χ0v) is 14.7. The molecule has 0 saturated carbocycles. The SMILES string of the molecule is O=C(Nc1ccc(C(O)N2CC(c3cccnc3)C2)s1)C1CCCN1. The van der Waals surface area contributed by atoms with Crippen LogP contribution in [0.3, 0.4) is 0 Å². The summed E-state index contributed by atoms with van der Waals surface area (Å²) < 4.78 is 0. The van der Waals surface area contributed by atoms with Crippen molar-refractivity contribution in [2.75, 3.05) is 25.0 Å². The molecule has 7 heteroatoms. The number of aliphatic hydroxyl groups excluding tert-OH is 1. The van der Waals surface area contributed by atoms with Gasteiger partial charge in [0.1, 0.15) is 6.23 Å². The molecule has 25 heavy (non-hydrogen) atoms. The summed E-state index contributed by atoms with van der Waals surface area (Å²) in [5.41, 5.74) is 1.22. The van der Waals surface area contributed by atoms with Gasteiger partial charge in [-0.3, -0.25) is 14.7 Å². The van der Waals surface area contributed by atoms with Crippen molar-refractivity contribution in [2.24, 2.45) is 0 Å². The fourth-order valence-electron chi connectivity index (χ4n) is 3.40. The van der Waals surface area contributed by atoms with E-state index in [9.17, 15) is 9.90 Å². The van der Waals surface area contributed by atoms with Crippen LogP contribution in [0.25, 0.3) is 0 Å². The number of aliphatic hydroxyl groups is 1. The number of rotatable bonds is 5. The molecule has 0 spiro atoms. The second-order valence-electron chi connectivity index (χ2n) is 6.65. The molecule has 4 heterocycles. The van der Waals surface area contributed by atoms with Crippen molar-refractivity contribution in [3.8, 4) is 0 Å². The van der Waals surface area contributed by atoms with E-state index < -0.39 is 6.23 Å². The molecule has 2 unspecified atom stereocenters. The van der Waals surface area contributed by atoms with E-state index in [0.717, 1.165) is 42.4 Å². The summed E-state index contributed by atoms with van der Waals surface area (Å²) in [7, 11) is 0. The summed E-state index contributed by atoms with van der Waals surface area (Å²) >= 11 is 1.44. The van der Waals surface area contributed by atoms with E-state index in [2.05, 4.69) is 21.7 Å². The lowest BCUT2D eigenvalue weighted by molar-refractivity contribution is -0.117.